The topological polar surface area (TPSA) is 193 Å². The third-order valence-corrected chi connectivity index (χ3v) is 8.46. The fourth-order valence-corrected chi connectivity index (χ4v) is 5.51. The van der Waals surface area contributed by atoms with Crippen molar-refractivity contribution >= 4 is 35.5 Å². The summed E-state index contributed by atoms with van der Waals surface area (Å²) in [5.41, 5.74) is -1.41. The number of hydrogen-bond acceptors (Lipinski definition) is 6. The molecule has 2 aliphatic rings. The number of carbonyl (C=O) groups excluding carboxylic acids is 5. The van der Waals surface area contributed by atoms with Gasteiger partial charge in [-0.1, -0.05) is 59.8 Å². The lowest BCUT2D eigenvalue weighted by Gasteiger charge is -2.34. The molecular weight excluding hydrogens is 564 g/mol. The van der Waals surface area contributed by atoms with Gasteiger partial charge in [-0.05, 0) is 51.4 Å². The Balaban J connectivity index is 2.31. The zero-order chi connectivity index (χ0) is 32.7. The molecule has 0 unspecified atom stereocenters. The summed E-state index contributed by atoms with van der Waals surface area (Å²) in [6, 6.07) is -2.67. The molecule has 0 aromatic carbocycles. The normalized spacial score (nSPS) is 26.0. The van der Waals surface area contributed by atoms with E-state index in [0.29, 0.717) is 38.3 Å². The molecule has 13 heteroatoms. The van der Waals surface area contributed by atoms with Crippen LogP contribution in [0.3, 0.4) is 0 Å². The maximum atomic E-state index is 13.7. The van der Waals surface area contributed by atoms with Gasteiger partial charge < -0.3 is 37.2 Å². The molecule has 1 aliphatic carbocycles. The van der Waals surface area contributed by atoms with Gasteiger partial charge in [-0.2, -0.15) is 0 Å². The highest BCUT2D eigenvalue weighted by Gasteiger charge is 2.39. The minimum atomic E-state index is -1.41. The van der Waals surface area contributed by atoms with Gasteiger partial charge in [0.1, 0.15) is 23.7 Å². The molecule has 250 valence electrons. The molecule has 0 bridgehead atoms. The van der Waals surface area contributed by atoms with Gasteiger partial charge in [0.05, 0.1) is 0 Å². The van der Waals surface area contributed by atoms with Crippen LogP contribution in [-0.2, 0) is 24.0 Å². The van der Waals surface area contributed by atoms with E-state index < -0.39 is 41.4 Å². The second-order valence-corrected chi connectivity index (χ2v) is 12.7. The SMILES string of the molecule is CCCNC(=N)NCCC[C@@H]1NC(=O)[C@](C)(NC(=O)C(C)C)CCNC(=O)[C@@H](CC2CCCCC2)NC(=O)[C@H](CC)NC1=O. The molecule has 0 aromatic heterocycles. The predicted octanol–water partition coefficient (Wildman–Crippen LogP) is 1.18. The van der Waals surface area contributed by atoms with Crippen LogP contribution in [0.15, 0.2) is 0 Å². The maximum absolute atomic E-state index is 13.7. The van der Waals surface area contributed by atoms with E-state index in [1.165, 1.54) is 6.42 Å². The van der Waals surface area contributed by atoms with Crippen molar-refractivity contribution in [3.05, 3.63) is 0 Å². The molecule has 2 rings (SSSR count). The van der Waals surface area contributed by atoms with E-state index in [1.54, 1.807) is 27.7 Å². The summed E-state index contributed by atoms with van der Waals surface area (Å²) in [7, 11) is 0. The van der Waals surface area contributed by atoms with Crippen molar-refractivity contribution in [2.45, 2.75) is 129 Å². The first-order chi connectivity index (χ1) is 20.9. The van der Waals surface area contributed by atoms with Crippen LogP contribution in [0.5, 0.6) is 0 Å². The molecule has 8 N–H and O–H groups in total. The monoisotopic (exact) mass is 620 g/mol. The van der Waals surface area contributed by atoms with E-state index in [-0.39, 0.29) is 43.1 Å². The van der Waals surface area contributed by atoms with Crippen molar-refractivity contribution in [2.75, 3.05) is 19.6 Å². The van der Waals surface area contributed by atoms with Crippen LogP contribution in [0.25, 0.3) is 0 Å². The quantitative estimate of drug-likeness (QED) is 0.0965. The number of amides is 5. The lowest BCUT2D eigenvalue weighted by atomic mass is 9.84. The lowest BCUT2D eigenvalue weighted by Crippen LogP contribution is -2.63. The minimum absolute atomic E-state index is 0.0842. The average Bonchev–Trinajstić information content (AvgIpc) is 2.99. The first-order valence-corrected chi connectivity index (χ1v) is 16.5. The largest absolute Gasteiger partial charge is 0.357 e. The molecular formula is C31H56N8O5. The molecule has 1 saturated heterocycles. The highest BCUT2D eigenvalue weighted by Crippen LogP contribution is 2.27. The van der Waals surface area contributed by atoms with Crippen LogP contribution in [0.2, 0.25) is 0 Å². The molecule has 1 heterocycles. The summed E-state index contributed by atoms with van der Waals surface area (Å²) in [6.45, 7) is 9.95. The molecule has 0 radical (unpaired) electrons. The van der Waals surface area contributed by atoms with Gasteiger partial charge in [0.2, 0.25) is 29.5 Å². The highest BCUT2D eigenvalue weighted by molar-refractivity contribution is 5.97. The van der Waals surface area contributed by atoms with Gasteiger partial charge in [-0.15, -0.1) is 0 Å². The van der Waals surface area contributed by atoms with Crippen LogP contribution in [0, 0.1) is 17.2 Å². The fraction of sp³-hybridized carbons (Fsp3) is 0.806. The Labute approximate surface area is 262 Å². The molecule has 13 nitrogen and oxygen atoms in total. The van der Waals surface area contributed by atoms with E-state index in [0.717, 1.165) is 32.1 Å². The number of carbonyl (C=O) groups is 5. The van der Waals surface area contributed by atoms with Crippen LogP contribution >= 0.6 is 0 Å². The van der Waals surface area contributed by atoms with Gasteiger partial charge in [0.15, 0.2) is 5.96 Å². The molecule has 1 saturated carbocycles. The summed E-state index contributed by atoms with van der Waals surface area (Å²) in [5.74, 6) is -2.08. The fourth-order valence-electron chi connectivity index (χ4n) is 5.51. The molecule has 1 aliphatic heterocycles. The molecule has 0 aromatic rings. The first-order valence-electron chi connectivity index (χ1n) is 16.5. The van der Waals surface area contributed by atoms with Gasteiger partial charge >= 0.3 is 0 Å². The van der Waals surface area contributed by atoms with Crippen LogP contribution in [-0.4, -0.2) is 78.8 Å². The Kier molecular flexibility index (Phi) is 15.4. The Morgan fingerprint density at radius 3 is 2.18 bits per heavy atom. The summed E-state index contributed by atoms with van der Waals surface area (Å²) >= 11 is 0. The third kappa shape index (κ3) is 12.0. The van der Waals surface area contributed by atoms with Gasteiger partial charge in [-0.25, -0.2) is 0 Å². The third-order valence-electron chi connectivity index (χ3n) is 8.46. The maximum Gasteiger partial charge on any atom is 0.246 e. The first kappa shape index (κ1) is 36.8. The number of rotatable bonds is 11. The zero-order valence-corrected chi connectivity index (χ0v) is 27.3. The van der Waals surface area contributed by atoms with Crippen molar-refractivity contribution in [1.82, 2.24) is 37.2 Å². The van der Waals surface area contributed by atoms with Crippen molar-refractivity contribution in [2.24, 2.45) is 11.8 Å². The van der Waals surface area contributed by atoms with Crippen LogP contribution in [0.1, 0.15) is 105 Å². The number of hydrogen-bond donors (Lipinski definition) is 8. The second kappa shape index (κ2) is 18.4. The van der Waals surface area contributed by atoms with Gasteiger partial charge in [-0.3, -0.25) is 29.4 Å². The van der Waals surface area contributed by atoms with Gasteiger partial charge in [0.25, 0.3) is 0 Å². The van der Waals surface area contributed by atoms with E-state index >= 15 is 0 Å². The van der Waals surface area contributed by atoms with Crippen LogP contribution in [0.4, 0.5) is 0 Å². The summed E-state index contributed by atoms with van der Waals surface area (Å²) in [6.07, 6.45) is 7.79. The average molecular weight is 621 g/mol. The smallest absolute Gasteiger partial charge is 0.246 e. The van der Waals surface area contributed by atoms with E-state index in [1.807, 2.05) is 6.92 Å². The van der Waals surface area contributed by atoms with E-state index in [2.05, 4.69) is 37.2 Å². The van der Waals surface area contributed by atoms with E-state index in [4.69, 9.17) is 5.41 Å². The summed E-state index contributed by atoms with van der Waals surface area (Å²) < 4.78 is 0. The second-order valence-electron chi connectivity index (χ2n) is 12.7. The predicted molar refractivity (Wildman–Crippen MR) is 170 cm³/mol. The van der Waals surface area contributed by atoms with E-state index in [9.17, 15) is 24.0 Å². The van der Waals surface area contributed by atoms with Crippen molar-refractivity contribution in [1.29, 1.82) is 5.41 Å². The van der Waals surface area contributed by atoms with Crippen LogP contribution < -0.4 is 37.2 Å². The van der Waals surface area contributed by atoms with Gasteiger partial charge in [0, 0.05) is 25.6 Å². The number of guanidine groups is 1. The van der Waals surface area contributed by atoms with Crippen molar-refractivity contribution in [3.63, 3.8) is 0 Å². The molecule has 0 spiro atoms. The minimum Gasteiger partial charge on any atom is -0.357 e. The molecule has 44 heavy (non-hydrogen) atoms. The molecule has 4 atom stereocenters. The zero-order valence-electron chi connectivity index (χ0n) is 27.3. The van der Waals surface area contributed by atoms with Crippen molar-refractivity contribution < 1.29 is 24.0 Å². The summed E-state index contributed by atoms with van der Waals surface area (Å²) in [5, 5.41) is 28.0. The lowest BCUT2D eigenvalue weighted by molar-refractivity contribution is -0.138. The standard InChI is InChI=1S/C31H56N8O5/c1-6-16-34-30(32)35-17-11-14-23-28(43)36-22(7-2)27(42)37-24(19-21-12-9-8-10-13-21)26(41)33-18-15-31(5,29(44)38-23)39-25(40)20(3)4/h20-24H,6-19H2,1-5H3,(H,33,41)(H,36,43)(H,37,42)(H,38,44)(H,39,40)(H3,32,34,35)/t22-,23-,24+,31+/m0/s1. The Bertz CT molecular complexity index is 1000. The highest BCUT2D eigenvalue weighted by atomic mass is 16.2. The number of nitrogens with one attached hydrogen (secondary N) is 8. The molecule has 5 amide bonds. The Morgan fingerprint density at radius 2 is 1.55 bits per heavy atom. The summed E-state index contributed by atoms with van der Waals surface area (Å²) in [4.78, 5) is 66.8. The Hall–Kier alpha value is -3.38. The molecule has 2 fully saturated rings. The van der Waals surface area contributed by atoms with Crippen molar-refractivity contribution in [3.8, 4) is 0 Å². The Morgan fingerprint density at radius 1 is 0.909 bits per heavy atom.